The van der Waals surface area contributed by atoms with E-state index in [-0.39, 0.29) is 40.0 Å². The van der Waals surface area contributed by atoms with Crippen molar-refractivity contribution in [1.82, 2.24) is 15.3 Å². The van der Waals surface area contributed by atoms with Crippen LogP contribution in [0.5, 0.6) is 11.5 Å². The number of primary amides is 1. The Morgan fingerprint density at radius 1 is 1.11 bits per heavy atom. The Morgan fingerprint density at radius 3 is 2.46 bits per heavy atom. The molecule has 2 aromatic carbocycles. The van der Waals surface area contributed by atoms with Crippen LogP contribution in [0.4, 0.5) is 22.0 Å². The highest BCUT2D eigenvalue weighted by molar-refractivity contribution is 6.00. The van der Waals surface area contributed by atoms with E-state index in [2.05, 4.69) is 15.3 Å². The Kier molecular flexibility index (Phi) is 7.58. The van der Waals surface area contributed by atoms with Gasteiger partial charge in [-0.25, -0.2) is 18.7 Å². The van der Waals surface area contributed by atoms with E-state index >= 15 is 0 Å². The molecular weight excluding hydrogens is 615 g/mol. The molecule has 1 saturated carbocycles. The smallest absolute Gasteiger partial charge is 0.424 e. The number of nitrogens with zero attached hydrogens (tertiary/aromatic N) is 2. The number of aromatic nitrogens is 2. The molecule has 0 radical (unpaired) electrons. The van der Waals surface area contributed by atoms with Gasteiger partial charge in [0.1, 0.15) is 47.2 Å². The molecule has 46 heavy (non-hydrogen) atoms. The maximum atomic E-state index is 14.8. The second-order valence-electron chi connectivity index (χ2n) is 11.5. The van der Waals surface area contributed by atoms with Crippen LogP contribution in [-0.4, -0.2) is 59.0 Å². The van der Waals surface area contributed by atoms with Gasteiger partial charge in [0.25, 0.3) is 5.91 Å². The predicted molar refractivity (Wildman–Crippen MR) is 154 cm³/mol. The Morgan fingerprint density at radius 2 is 1.83 bits per heavy atom. The molecule has 2 aliphatic rings. The summed E-state index contributed by atoms with van der Waals surface area (Å²) in [5.74, 6) is -2.80. The molecule has 6 rings (SSSR count). The normalized spacial score (nSPS) is 18.8. The molecule has 0 saturated heterocycles. The number of nitrogens with one attached hydrogen (secondary N) is 1. The number of ether oxygens (including phenoxy) is 2. The number of nitrogens with two attached hydrogens (primary N) is 1. The quantitative estimate of drug-likeness (QED) is 0.228. The molecule has 0 spiro atoms. The van der Waals surface area contributed by atoms with Crippen molar-refractivity contribution in [2.75, 3.05) is 19.8 Å². The highest BCUT2D eigenvalue weighted by Gasteiger charge is 2.58. The first-order valence-corrected chi connectivity index (χ1v) is 14.2. The van der Waals surface area contributed by atoms with Gasteiger partial charge < -0.3 is 25.6 Å². The molecule has 0 bridgehead atoms. The molecule has 1 unspecified atom stereocenters. The maximum Gasteiger partial charge on any atom is 0.424 e. The van der Waals surface area contributed by atoms with Gasteiger partial charge in [0.05, 0.1) is 18.3 Å². The first kappa shape index (κ1) is 31.1. The second kappa shape index (κ2) is 11.2. The zero-order chi connectivity index (χ0) is 33.0. The van der Waals surface area contributed by atoms with Crippen LogP contribution in [0.2, 0.25) is 0 Å². The number of pyridine rings is 2. The van der Waals surface area contributed by atoms with Crippen molar-refractivity contribution in [1.29, 1.82) is 0 Å². The number of carbonyl (C=O) groups is 2. The molecule has 9 nitrogen and oxygen atoms in total. The number of rotatable bonds is 9. The minimum Gasteiger partial charge on any atom is -0.489 e. The van der Waals surface area contributed by atoms with Crippen molar-refractivity contribution in [3.8, 4) is 22.8 Å². The third kappa shape index (κ3) is 5.36. The van der Waals surface area contributed by atoms with E-state index in [1.165, 1.54) is 24.3 Å². The van der Waals surface area contributed by atoms with Crippen LogP contribution in [0.3, 0.4) is 0 Å². The van der Waals surface area contributed by atoms with Gasteiger partial charge in [-0.3, -0.25) is 9.59 Å². The van der Waals surface area contributed by atoms with E-state index in [0.29, 0.717) is 22.7 Å². The fraction of sp³-hybridized carbons (Fsp3) is 0.312. The van der Waals surface area contributed by atoms with Gasteiger partial charge >= 0.3 is 6.18 Å². The van der Waals surface area contributed by atoms with Crippen LogP contribution >= 0.6 is 0 Å². The highest BCUT2D eigenvalue weighted by Crippen LogP contribution is 2.48. The van der Waals surface area contributed by atoms with Crippen molar-refractivity contribution >= 4 is 22.7 Å². The lowest BCUT2D eigenvalue weighted by molar-refractivity contribution is -0.265. The van der Waals surface area contributed by atoms with Gasteiger partial charge in [-0.15, -0.1) is 0 Å². The summed E-state index contributed by atoms with van der Waals surface area (Å²) in [7, 11) is 0. The monoisotopic (exact) mass is 642 g/mol. The summed E-state index contributed by atoms with van der Waals surface area (Å²) in [6, 6.07) is 11.3. The van der Waals surface area contributed by atoms with Gasteiger partial charge in [-0.2, -0.15) is 13.2 Å². The molecule has 4 N–H and O–H groups in total. The van der Waals surface area contributed by atoms with Crippen molar-refractivity contribution in [3.63, 3.8) is 0 Å². The van der Waals surface area contributed by atoms with Crippen LogP contribution in [0, 0.1) is 12.7 Å². The SMILES string of the molecule is Cc1ccc2cc(C(=O)NCC(O)(c3cc4c(c(-c5ccc(F)cc5)n3)OC[C@]4(CF)C(N)=O)C(F)(F)F)cc(OC3CC3)c2n1. The standard InChI is InChI=1S/C32H27F5N4O5/c1-16-2-3-18-10-19(11-23(25(18)40-16)46-21-8-9-21)28(42)39-14-31(44,32(35,36)37)24-12-22-27(45-15-30(22,13-33)29(38)43)26(41-24)17-4-6-20(34)7-5-17/h2-7,10-12,21,44H,8-9,13-15H2,1H3,(H2,38,43)(H,39,42)/t30-,31?/m0/s1. The van der Waals surface area contributed by atoms with E-state index in [4.69, 9.17) is 15.2 Å². The first-order valence-electron chi connectivity index (χ1n) is 14.2. The molecule has 240 valence electrons. The van der Waals surface area contributed by atoms with Gasteiger partial charge in [-0.1, -0.05) is 6.07 Å². The predicted octanol–water partition coefficient (Wildman–Crippen LogP) is 4.55. The van der Waals surface area contributed by atoms with E-state index in [1.54, 1.807) is 19.1 Å². The maximum absolute atomic E-state index is 14.8. The molecule has 2 aromatic heterocycles. The van der Waals surface area contributed by atoms with Gasteiger partial charge in [-0.05, 0) is 68.3 Å². The van der Waals surface area contributed by atoms with Crippen LogP contribution in [0.1, 0.15) is 40.2 Å². The number of benzene rings is 2. The fourth-order valence-electron chi connectivity index (χ4n) is 5.24. The molecule has 1 aliphatic heterocycles. The minimum atomic E-state index is -5.45. The van der Waals surface area contributed by atoms with Crippen LogP contribution in [0.25, 0.3) is 22.2 Å². The highest BCUT2D eigenvalue weighted by atomic mass is 19.4. The van der Waals surface area contributed by atoms with Crippen LogP contribution in [0.15, 0.2) is 54.6 Å². The second-order valence-corrected chi connectivity index (χ2v) is 11.5. The Bertz CT molecular complexity index is 1860. The molecule has 2 amide bonds. The number of carbonyl (C=O) groups excluding carboxylic acids is 2. The molecule has 2 atom stereocenters. The van der Waals surface area contributed by atoms with E-state index in [0.717, 1.165) is 25.0 Å². The number of hydrogen-bond donors (Lipinski definition) is 3. The van der Waals surface area contributed by atoms with Crippen molar-refractivity contribution in [2.24, 2.45) is 5.73 Å². The summed E-state index contributed by atoms with van der Waals surface area (Å²) >= 11 is 0. The van der Waals surface area contributed by atoms with Crippen LogP contribution in [-0.2, 0) is 15.8 Å². The summed E-state index contributed by atoms with van der Waals surface area (Å²) in [4.78, 5) is 34.2. The molecule has 3 heterocycles. The number of fused-ring (bicyclic) bond motifs is 2. The average molecular weight is 643 g/mol. The zero-order valence-electron chi connectivity index (χ0n) is 24.3. The van der Waals surface area contributed by atoms with Crippen LogP contribution < -0.4 is 20.5 Å². The first-order chi connectivity index (χ1) is 21.8. The summed E-state index contributed by atoms with van der Waals surface area (Å²) in [6.45, 7) is -1.71. The lowest BCUT2D eigenvalue weighted by Gasteiger charge is -2.31. The molecular formula is C32H27F5N4O5. The molecule has 14 heteroatoms. The van der Waals surface area contributed by atoms with Crippen molar-refractivity contribution in [3.05, 3.63) is 82.9 Å². The third-order valence-corrected chi connectivity index (χ3v) is 8.14. The minimum absolute atomic E-state index is 0.0502. The summed E-state index contributed by atoms with van der Waals surface area (Å²) in [5, 5.41) is 13.9. The third-order valence-electron chi connectivity index (χ3n) is 8.14. The number of halogens is 5. The summed E-state index contributed by atoms with van der Waals surface area (Å²) in [5.41, 5.74) is -1.14. The lowest BCUT2D eigenvalue weighted by Crippen LogP contribution is -2.52. The van der Waals surface area contributed by atoms with E-state index in [9.17, 15) is 36.6 Å². The van der Waals surface area contributed by atoms with E-state index in [1.807, 2.05) is 0 Å². The van der Waals surface area contributed by atoms with Gasteiger partial charge in [0.15, 0.2) is 0 Å². The molecule has 1 aliphatic carbocycles. The van der Waals surface area contributed by atoms with Gasteiger partial charge in [0, 0.05) is 27.8 Å². The summed E-state index contributed by atoms with van der Waals surface area (Å²) in [6.07, 6.45) is -3.90. The van der Waals surface area contributed by atoms with Crippen molar-refractivity contribution in [2.45, 2.75) is 43.1 Å². The topological polar surface area (TPSA) is 137 Å². The van der Waals surface area contributed by atoms with Gasteiger partial charge in [0.2, 0.25) is 11.5 Å². The van der Waals surface area contributed by atoms with Crippen molar-refractivity contribution < 1.29 is 46.1 Å². The molecule has 1 fully saturated rings. The lowest BCUT2D eigenvalue weighted by atomic mass is 9.81. The number of aryl methyl sites for hydroxylation is 1. The largest absolute Gasteiger partial charge is 0.489 e. The average Bonchev–Trinajstić information content (AvgIpc) is 3.75. The summed E-state index contributed by atoms with van der Waals surface area (Å²) < 4.78 is 83.8. The Balaban J connectivity index is 1.41. The Hall–Kier alpha value is -4.85. The van der Waals surface area contributed by atoms with E-state index < -0.39 is 60.3 Å². The number of hydrogen-bond acceptors (Lipinski definition) is 7. The Labute approximate surface area is 258 Å². The molecule has 4 aromatic rings. The number of aliphatic hydroxyl groups is 1. The fourth-order valence-corrected chi connectivity index (χ4v) is 5.24. The number of amides is 2. The zero-order valence-corrected chi connectivity index (χ0v) is 24.3. The number of alkyl halides is 4.